The lowest BCUT2D eigenvalue weighted by Crippen LogP contribution is -2.26. The Kier molecular flexibility index (Phi) is 4.50. The molecule has 0 saturated heterocycles. The molecule has 26 heavy (non-hydrogen) atoms. The van der Waals surface area contributed by atoms with Gasteiger partial charge in [-0.1, -0.05) is 18.2 Å². The number of para-hydroxylation sites is 1. The number of H-pyrrole nitrogens is 1. The number of aromatic amines is 1. The highest BCUT2D eigenvalue weighted by Gasteiger charge is 2.31. The van der Waals surface area contributed by atoms with Crippen molar-refractivity contribution in [3.8, 4) is 11.5 Å². The SMILES string of the molecule is CN(Cc1ccccc1O)C(=O)c1cc2ccc(OC(F)(F)F)cc2[nH]1. The molecule has 1 heterocycles. The molecule has 0 aliphatic rings. The molecule has 3 rings (SSSR count). The standard InChI is InChI=1S/C18H15F3N2O3/c1-23(10-12-4-2-3-5-16(12)24)17(25)15-8-11-6-7-13(9-14(11)22-15)26-18(19,20)21/h2-9,22,24H,10H2,1H3. The van der Waals surface area contributed by atoms with E-state index in [1.165, 1.54) is 29.2 Å². The molecule has 0 atom stereocenters. The number of phenols is 1. The van der Waals surface area contributed by atoms with Gasteiger partial charge in [0.15, 0.2) is 0 Å². The van der Waals surface area contributed by atoms with Crippen LogP contribution < -0.4 is 4.74 Å². The number of phenolic OH excluding ortho intramolecular Hbond substituents is 1. The van der Waals surface area contributed by atoms with E-state index < -0.39 is 6.36 Å². The maximum atomic E-state index is 12.5. The molecule has 0 saturated carbocycles. The van der Waals surface area contributed by atoms with Gasteiger partial charge in [-0.25, -0.2) is 0 Å². The van der Waals surface area contributed by atoms with Gasteiger partial charge in [0.1, 0.15) is 17.2 Å². The lowest BCUT2D eigenvalue weighted by molar-refractivity contribution is -0.274. The van der Waals surface area contributed by atoms with Crippen LogP contribution in [-0.4, -0.2) is 34.3 Å². The number of carbonyl (C=O) groups is 1. The number of aromatic hydroxyl groups is 1. The van der Waals surface area contributed by atoms with Crippen LogP contribution in [0.1, 0.15) is 16.1 Å². The summed E-state index contributed by atoms with van der Waals surface area (Å²) in [7, 11) is 1.57. The Morgan fingerprint density at radius 3 is 2.62 bits per heavy atom. The maximum Gasteiger partial charge on any atom is 0.573 e. The second-order valence-corrected chi connectivity index (χ2v) is 5.77. The third-order valence-corrected chi connectivity index (χ3v) is 3.80. The molecule has 0 aliphatic carbocycles. The van der Waals surface area contributed by atoms with Crippen LogP contribution in [0, 0.1) is 0 Å². The van der Waals surface area contributed by atoms with Gasteiger partial charge in [-0.2, -0.15) is 0 Å². The zero-order chi connectivity index (χ0) is 18.9. The molecule has 0 bridgehead atoms. The fraction of sp³-hybridized carbons (Fsp3) is 0.167. The normalized spacial score (nSPS) is 11.5. The summed E-state index contributed by atoms with van der Waals surface area (Å²) in [6.07, 6.45) is -4.78. The average molecular weight is 364 g/mol. The Balaban J connectivity index is 1.81. The van der Waals surface area contributed by atoms with Crippen molar-refractivity contribution in [2.24, 2.45) is 0 Å². The molecule has 136 valence electrons. The molecule has 0 aliphatic heterocycles. The number of benzene rings is 2. The van der Waals surface area contributed by atoms with Crippen LogP contribution in [0.2, 0.25) is 0 Å². The molecule has 0 fully saturated rings. The van der Waals surface area contributed by atoms with Crippen molar-refractivity contribution in [3.05, 3.63) is 59.8 Å². The Morgan fingerprint density at radius 1 is 1.19 bits per heavy atom. The Labute approximate surface area is 146 Å². The van der Waals surface area contributed by atoms with Gasteiger partial charge in [0.2, 0.25) is 0 Å². The summed E-state index contributed by atoms with van der Waals surface area (Å²) in [5.74, 6) is -0.645. The smallest absolute Gasteiger partial charge is 0.508 e. The molecule has 2 aromatic carbocycles. The lowest BCUT2D eigenvalue weighted by Gasteiger charge is -2.17. The third-order valence-electron chi connectivity index (χ3n) is 3.80. The molecule has 8 heteroatoms. The van der Waals surface area contributed by atoms with Crippen LogP contribution in [-0.2, 0) is 6.54 Å². The number of nitrogens with zero attached hydrogens (tertiary/aromatic N) is 1. The summed E-state index contributed by atoms with van der Waals surface area (Å²) < 4.78 is 40.8. The third kappa shape index (κ3) is 3.90. The van der Waals surface area contributed by atoms with Gasteiger partial charge in [-0.05, 0) is 24.3 Å². The zero-order valence-corrected chi connectivity index (χ0v) is 13.7. The van der Waals surface area contributed by atoms with Crippen molar-refractivity contribution in [1.29, 1.82) is 0 Å². The number of hydrogen-bond donors (Lipinski definition) is 2. The number of nitrogens with one attached hydrogen (secondary N) is 1. The molecule has 5 nitrogen and oxygen atoms in total. The number of amides is 1. The van der Waals surface area contributed by atoms with Crippen LogP contribution in [0.3, 0.4) is 0 Å². The van der Waals surface area contributed by atoms with Gasteiger partial charge in [0.05, 0.1) is 0 Å². The highest BCUT2D eigenvalue weighted by atomic mass is 19.4. The van der Waals surface area contributed by atoms with Gasteiger partial charge < -0.3 is 19.7 Å². The predicted octanol–water partition coefficient (Wildman–Crippen LogP) is 4.04. The molecule has 0 radical (unpaired) electrons. The van der Waals surface area contributed by atoms with E-state index in [-0.39, 0.29) is 29.6 Å². The number of carbonyl (C=O) groups excluding carboxylic acids is 1. The topological polar surface area (TPSA) is 65.6 Å². The fourth-order valence-electron chi connectivity index (χ4n) is 2.60. The van der Waals surface area contributed by atoms with Crippen molar-refractivity contribution >= 4 is 16.8 Å². The monoisotopic (exact) mass is 364 g/mol. The molecule has 0 unspecified atom stereocenters. The number of hydrogen-bond acceptors (Lipinski definition) is 3. The second kappa shape index (κ2) is 6.62. The van der Waals surface area contributed by atoms with Crippen molar-refractivity contribution in [3.63, 3.8) is 0 Å². The predicted molar refractivity (Wildman–Crippen MR) is 88.9 cm³/mol. The number of alkyl halides is 3. The van der Waals surface area contributed by atoms with E-state index in [0.29, 0.717) is 16.5 Å². The van der Waals surface area contributed by atoms with Crippen molar-refractivity contribution in [1.82, 2.24) is 9.88 Å². The first-order chi connectivity index (χ1) is 12.2. The van der Waals surface area contributed by atoms with Crippen LogP contribution in [0.25, 0.3) is 10.9 Å². The van der Waals surface area contributed by atoms with E-state index in [1.54, 1.807) is 31.3 Å². The average Bonchev–Trinajstić information content (AvgIpc) is 2.98. The summed E-state index contributed by atoms with van der Waals surface area (Å²) in [5.41, 5.74) is 1.16. The van der Waals surface area contributed by atoms with Crippen molar-refractivity contribution < 1.29 is 27.8 Å². The Hall–Kier alpha value is -3.16. The number of fused-ring (bicyclic) bond motifs is 1. The van der Waals surface area contributed by atoms with Crippen molar-refractivity contribution in [2.75, 3.05) is 7.05 Å². The van der Waals surface area contributed by atoms with E-state index in [2.05, 4.69) is 9.72 Å². The summed E-state index contributed by atoms with van der Waals surface area (Å²) in [5, 5.41) is 10.4. The highest BCUT2D eigenvalue weighted by Crippen LogP contribution is 2.27. The van der Waals surface area contributed by atoms with E-state index in [4.69, 9.17) is 0 Å². The lowest BCUT2D eigenvalue weighted by atomic mass is 10.2. The highest BCUT2D eigenvalue weighted by molar-refractivity contribution is 5.98. The number of ether oxygens (including phenoxy) is 1. The summed E-state index contributed by atoms with van der Waals surface area (Å²) in [6.45, 7) is 0.184. The number of rotatable bonds is 4. The largest absolute Gasteiger partial charge is 0.573 e. The summed E-state index contributed by atoms with van der Waals surface area (Å²) in [4.78, 5) is 16.7. The van der Waals surface area contributed by atoms with E-state index in [0.717, 1.165) is 0 Å². The van der Waals surface area contributed by atoms with E-state index in [9.17, 15) is 23.1 Å². The van der Waals surface area contributed by atoms with E-state index in [1.807, 2.05) is 0 Å². The molecular formula is C18H15F3N2O3. The van der Waals surface area contributed by atoms with Gasteiger partial charge in [-0.15, -0.1) is 13.2 Å². The number of halogens is 3. The maximum absolute atomic E-state index is 12.5. The first-order valence-electron chi connectivity index (χ1n) is 7.64. The number of aromatic nitrogens is 1. The van der Waals surface area contributed by atoms with Gasteiger partial charge in [0.25, 0.3) is 5.91 Å². The minimum absolute atomic E-state index is 0.0812. The second-order valence-electron chi connectivity index (χ2n) is 5.77. The van der Waals surface area contributed by atoms with Crippen LogP contribution in [0.4, 0.5) is 13.2 Å². The molecule has 1 aromatic heterocycles. The summed E-state index contributed by atoms with van der Waals surface area (Å²) >= 11 is 0. The quantitative estimate of drug-likeness (QED) is 0.734. The minimum Gasteiger partial charge on any atom is -0.508 e. The van der Waals surface area contributed by atoms with E-state index >= 15 is 0 Å². The van der Waals surface area contributed by atoms with Gasteiger partial charge >= 0.3 is 6.36 Å². The Morgan fingerprint density at radius 2 is 1.92 bits per heavy atom. The molecule has 0 spiro atoms. The zero-order valence-electron chi connectivity index (χ0n) is 13.7. The first-order valence-corrected chi connectivity index (χ1v) is 7.64. The first kappa shape index (κ1) is 17.7. The van der Waals surface area contributed by atoms with Crippen LogP contribution in [0.5, 0.6) is 11.5 Å². The molecule has 1 amide bonds. The van der Waals surface area contributed by atoms with Crippen molar-refractivity contribution in [2.45, 2.75) is 12.9 Å². The van der Waals surface area contributed by atoms with Gasteiger partial charge in [0, 0.05) is 36.1 Å². The Bertz CT molecular complexity index is 950. The molecular weight excluding hydrogens is 349 g/mol. The van der Waals surface area contributed by atoms with Gasteiger partial charge in [-0.3, -0.25) is 4.79 Å². The molecule has 3 aromatic rings. The minimum atomic E-state index is -4.78. The van der Waals surface area contributed by atoms with Crippen LogP contribution in [0.15, 0.2) is 48.5 Å². The molecule has 2 N–H and O–H groups in total. The van der Waals surface area contributed by atoms with Crippen LogP contribution >= 0.6 is 0 Å². The fourth-order valence-corrected chi connectivity index (χ4v) is 2.60. The summed E-state index contributed by atoms with van der Waals surface area (Å²) in [6, 6.07) is 12.0.